The number of aromatic nitrogens is 2. The molecule has 0 aliphatic carbocycles. The molecular formula is C14H19N5O. The highest BCUT2D eigenvalue weighted by Gasteiger charge is 2.02. The van der Waals surface area contributed by atoms with Crippen LogP contribution in [0.25, 0.3) is 0 Å². The van der Waals surface area contributed by atoms with Crippen LogP contribution in [0.3, 0.4) is 0 Å². The first-order valence-electron chi connectivity index (χ1n) is 6.42. The van der Waals surface area contributed by atoms with E-state index in [4.69, 9.17) is 10.6 Å². The Hall–Kier alpha value is -2.34. The molecule has 0 saturated heterocycles. The van der Waals surface area contributed by atoms with Crippen molar-refractivity contribution >= 4 is 11.8 Å². The first-order chi connectivity index (χ1) is 9.69. The van der Waals surface area contributed by atoms with E-state index in [9.17, 15) is 0 Å². The molecule has 2 rings (SSSR count). The standard InChI is InChI=1S/C14H19N5O/c1-10-4-3-5-12(8-10)20-7-6-16-13-11(2)9-17-14(18-13)19-15/h3-5,8-9H,6-7,15H2,1-2H3,(H2,16,17,18,19). The Morgan fingerprint density at radius 1 is 1.30 bits per heavy atom. The molecule has 1 heterocycles. The lowest BCUT2D eigenvalue weighted by Gasteiger charge is -2.11. The van der Waals surface area contributed by atoms with Crippen molar-refractivity contribution in [3.05, 3.63) is 41.6 Å². The van der Waals surface area contributed by atoms with Gasteiger partial charge in [0.05, 0.1) is 6.54 Å². The Balaban J connectivity index is 1.84. The molecule has 2 aromatic rings. The number of hydrogen-bond acceptors (Lipinski definition) is 6. The van der Waals surface area contributed by atoms with Crippen molar-refractivity contribution < 1.29 is 4.74 Å². The normalized spacial score (nSPS) is 10.2. The summed E-state index contributed by atoms with van der Waals surface area (Å²) in [4.78, 5) is 8.26. The molecule has 0 unspecified atom stereocenters. The van der Waals surface area contributed by atoms with Gasteiger partial charge in [0.25, 0.3) is 0 Å². The lowest BCUT2D eigenvalue weighted by molar-refractivity contribution is 0.332. The van der Waals surface area contributed by atoms with Gasteiger partial charge in [0, 0.05) is 11.8 Å². The number of anilines is 2. The fourth-order valence-corrected chi connectivity index (χ4v) is 1.73. The molecule has 0 amide bonds. The largest absolute Gasteiger partial charge is 0.492 e. The summed E-state index contributed by atoms with van der Waals surface area (Å²) in [5, 5.41) is 3.20. The zero-order valence-electron chi connectivity index (χ0n) is 11.7. The maximum Gasteiger partial charge on any atom is 0.239 e. The van der Waals surface area contributed by atoms with Crippen molar-refractivity contribution in [3.8, 4) is 5.75 Å². The number of ether oxygens (including phenoxy) is 1. The highest BCUT2D eigenvalue weighted by Crippen LogP contribution is 2.13. The lowest BCUT2D eigenvalue weighted by atomic mass is 10.2. The Morgan fingerprint density at radius 2 is 2.15 bits per heavy atom. The van der Waals surface area contributed by atoms with Crippen LogP contribution in [0.1, 0.15) is 11.1 Å². The Morgan fingerprint density at radius 3 is 2.90 bits per heavy atom. The van der Waals surface area contributed by atoms with Crippen molar-refractivity contribution in [2.45, 2.75) is 13.8 Å². The third-order valence-electron chi connectivity index (χ3n) is 2.75. The van der Waals surface area contributed by atoms with Gasteiger partial charge in [-0.2, -0.15) is 4.98 Å². The molecular weight excluding hydrogens is 254 g/mol. The van der Waals surface area contributed by atoms with Crippen molar-refractivity contribution in [3.63, 3.8) is 0 Å². The van der Waals surface area contributed by atoms with E-state index < -0.39 is 0 Å². The number of rotatable bonds is 6. The van der Waals surface area contributed by atoms with E-state index in [0.717, 1.165) is 17.1 Å². The van der Waals surface area contributed by atoms with Gasteiger partial charge in [0.2, 0.25) is 5.95 Å². The zero-order chi connectivity index (χ0) is 14.4. The van der Waals surface area contributed by atoms with Gasteiger partial charge in [-0.3, -0.25) is 5.43 Å². The molecule has 0 radical (unpaired) electrons. The van der Waals surface area contributed by atoms with Gasteiger partial charge in [-0.15, -0.1) is 0 Å². The van der Waals surface area contributed by atoms with Crippen LogP contribution < -0.4 is 21.3 Å². The number of hydrazine groups is 1. The third-order valence-corrected chi connectivity index (χ3v) is 2.75. The average Bonchev–Trinajstić information content (AvgIpc) is 2.45. The fraction of sp³-hybridized carbons (Fsp3) is 0.286. The van der Waals surface area contributed by atoms with Crippen LogP contribution in [0.4, 0.5) is 11.8 Å². The molecule has 6 heteroatoms. The summed E-state index contributed by atoms with van der Waals surface area (Å²) in [7, 11) is 0. The quantitative estimate of drug-likeness (QED) is 0.423. The van der Waals surface area contributed by atoms with Gasteiger partial charge < -0.3 is 10.1 Å². The monoisotopic (exact) mass is 273 g/mol. The maximum atomic E-state index is 5.66. The number of hydrogen-bond donors (Lipinski definition) is 3. The predicted octanol–water partition coefficient (Wildman–Crippen LogP) is 1.87. The second kappa shape index (κ2) is 6.72. The Bertz CT molecular complexity index is 573. The van der Waals surface area contributed by atoms with E-state index in [0.29, 0.717) is 19.1 Å². The van der Waals surface area contributed by atoms with Gasteiger partial charge in [0.1, 0.15) is 18.2 Å². The summed E-state index contributed by atoms with van der Waals surface area (Å²) >= 11 is 0. The minimum atomic E-state index is 0.387. The first-order valence-corrected chi connectivity index (χ1v) is 6.42. The molecule has 0 aliphatic rings. The SMILES string of the molecule is Cc1cccc(OCCNc2nc(NN)ncc2C)c1. The number of nitrogens with two attached hydrogens (primary N) is 1. The topological polar surface area (TPSA) is 85.1 Å². The van der Waals surface area contributed by atoms with Crippen LogP contribution in [0.5, 0.6) is 5.75 Å². The molecule has 106 valence electrons. The van der Waals surface area contributed by atoms with Crippen LogP contribution in [0, 0.1) is 13.8 Å². The average molecular weight is 273 g/mol. The van der Waals surface area contributed by atoms with E-state index in [1.807, 2.05) is 38.1 Å². The lowest BCUT2D eigenvalue weighted by Crippen LogP contribution is -2.16. The van der Waals surface area contributed by atoms with Gasteiger partial charge >= 0.3 is 0 Å². The minimum Gasteiger partial charge on any atom is -0.492 e. The molecule has 0 fully saturated rings. The molecule has 0 aliphatic heterocycles. The number of nitrogen functional groups attached to an aromatic ring is 1. The molecule has 6 nitrogen and oxygen atoms in total. The highest BCUT2D eigenvalue weighted by atomic mass is 16.5. The number of nitrogens with one attached hydrogen (secondary N) is 2. The Labute approximate surface area is 118 Å². The second-order valence-corrected chi connectivity index (χ2v) is 4.46. The summed E-state index contributed by atoms with van der Waals surface area (Å²) in [6.45, 7) is 5.18. The maximum absolute atomic E-state index is 5.66. The van der Waals surface area contributed by atoms with Gasteiger partial charge in [-0.25, -0.2) is 10.8 Å². The summed E-state index contributed by atoms with van der Waals surface area (Å²) in [5.41, 5.74) is 4.56. The third kappa shape index (κ3) is 3.83. The van der Waals surface area contributed by atoms with Gasteiger partial charge in [0.15, 0.2) is 0 Å². The van der Waals surface area contributed by atoms with Crippen molar-refractivity contribution in [2.24, 2.45) is 5.84 Å². The smallest absolute Gasteiger partial charge is 0.239 e. The van der Waals surface area contributed by atoms with E-state index in [1.165, 1.54) is 5.56 Å². The fourth-order valence-electron chi connectivity index (χ4n) is 1.73. The van der Waals surface area contributed by atoms with Crippen LogP contribution in [0.2, 0.25) is 0 Å². The van der Waals surface area contributed by atoms with E-state index in [1.54, 1.807) is 6.20 Å². The number of aryl methyl sites for hydroxylation is 2. The predicted molar refractivity (Wildman–Crippen MR) is 79.7 cm³/mol. The van der Waals surface area contributed by atoms with Crippen LogP contribution >= 0.6 is 0 Å². The molecule has 0 atom stereocenters. The van der Waals surface area contributed by atoms with E-state index in [2.05, 4.69) is 20.7 Å². The number of benzene rings is 1. The van der Waals surface area contributed by atoms with Crippen molar-refractivity contribution in [2.75, 3.05) is 23.9 Å². The molecule has 1 aromatic heterocycles. The minimum absolute atomic E-state index is 0.387. The molecule has 4 N–H and O–H groups in total. The summed E-state index contributed by atoms with van der Waals surface area (Å²) in [5.74, 6) is 7.29. The molecule has 0 bridgehead atoms. The molecule has 1 aromatic carbocycles. The Kier molecular flexibility index (Phi) is 4.73. The van der Waals surface area contributed by atoms with Crippen LogP contribution in [-0.4, -0.2) is 23.1 Å². The van der Waals surface area contributed by atoms with Crippen molar-refractivity contribution in [1.82, 2.24) is 9.97 Å². The molecule has 0 saturated carbocycles. The van der Waals surface area contributed by atoms with Crippen LogP contribution in [-0.2, 0) is 0 Å². The van der Waals surface area contributed by atoms with Crippen molar-refractivity contribution in [1.29, 1.82) is 0 Å². The highest BCUT2D eigenvalue weighted by molar-refractivity contribution is 5.45. The van der Waals surface area contributed by atoms with Gasteiger partial charge in [-0.05, 0) is 31.5 Å². The number of nitrogens with zero attached hydrogens (tertiary/aromatic N) is 2. The molecule has 20 heavy (non-hydrogen) atoms. The van der Waals surface area contributed by atoms with E-state index >= 15 is 0 Å². The zero-order valence-corrected chi connectivity index (χ0v) is 11.7. The van der Waals surface area contributed by atoms with Gasteiger partial charge in [-0.1, -0.05) is 12.1 Å². The van der Waals surface area contributed by atoms with E-state index in [-0.39, 0.29) is 0 Å². The van der Waals surface area contributed by atoms with Crippen LogP contribution in [0.15, 0.2) is 30.5 Å². The second-order valence-electron chi connectivity index (χ2n) is 4.46. The summed E-state index contributed by atoms with van der Waals surface area (Å²) in [6.07, 6.45) is 1.71. The molecule has 0 spiro atoms. The summed E-state index contributed by atoms with van der Waals surface area (Å²) in [6, 6.07) is 7.97. The summed E-state index contributed by atoms with van der Waals surface area (Å²) < 4.78 is 5.66. The first kappa shape index (κ1) is 14.1.